The van der Waals surface area contributed by atoms with Gasteiger partial charge in [0.15, 0.2) is 0 Å². The third-order valence-electron chi connectivity index (χ3n) is 1.47. The number of hydrogen-bond acceptors (Lipinski definition) is 2. The van der Waals surface area contributed by atoms with Crippen molar-refractivity contribution in [2.45, 2.75) is 32.7 Å². The number of hydrogen-bond donors (Lipinski definition) is 1. The van der Waals surface area contributed by atoms with E-state index in [2.05, 4.69) is 25.1 Å². The molecule has 0 radical (unpaired) electrons. The fourth-order valence-corrected chi connectivity index (χ4v) is 0.830. The predicted octanol–water partition coefficient (Wildman–Crippen LogP) is 1.41. The van der Waals surface area contributed by atoms with Crippen molar-refractivity contribution in [2.24, 2.45) is 0 Å². The Morgan fingerprint density at radius 2 is 2.17 bits per heavy atom. The van der Waals surface area contributed by atoms with E-state index in [-0.39, 0.29) is 6.04 Å². The SMILES string of the molecule is C#CC(COCCC)NCCC. The van der Waals surface area contributed by atoms with Crippen LogP contribution >= 0.6 is 0 Å². The zero-order chi connectivity index (χ0) is 9.23. The summed E-state index contributed by atoms with van der Waals surface area (Å²) in [6.45, 7) is 6.60. The molecule has 1 unspecified atom stereocenters. The van der Waals surface area contributed by atoms with Gasteiger partial charge in [0.2, 0.25) is 0 Å². The minimum atomic E-state index is 0.0801. The minimum absolute atomic E-state index is 0.0801. The van der Waals surface area contributed by atoms with Gasteiger partial charge in [0, 0.05) is 6.61 Å². The topological polar surface area (TPSA) is 21.3 Å². The van der Waals surface area contributed by atoms with Crippen LogP contribution in [0.4, 0.5) is 0 Å². The molecule has 0 saturated heterocycles. The van der Waals surface area contributed by atoms with E-state index in [0.29, 0.717) is 6.61 Å². The molecule has 0 aromatic carbocycles. The predicted molar refractivity (Wildman–Crippen MR) is 52.0 cm³/mol. The summed E-state index contributed by atoms with van der Waals surface area (Å²) in [7, 11) is 0. The average molecular weight is 169 g/mol. The smallest absolute Gasteiger partial charge is 0.0923 e. The highest BCUT2D eigenvalue weighted by Gasteiger charge is 2.01. The fraction of sp³-hybridized carbons (Fsp3) is 0.800. The third-order valence-corrected chi connectivity index (χ3v) is 1.47. The molecule has 2 heteroatoms. The summed E-state index contributed by atoms with van der Waals surface area (Å²) in [5.41, 5.74) is 0. The third kappa shape index (κ3) is 6.21. The molecule has 0 amide bonds. The average Bonchev–Trinajstić information content (AvgIpc) is 2.11. The van der Waals surface area contributed by atoms with Crippen molar-refractivity contribution >= 4 is 0 Å². The summed E-state index contributed by atoms with van der Waals surface area (Å²) in [6.07, 6.45) is 7.45. The van der Waals surface area contributed by atoms with E-state index in [1.54, 1.807) is 0 Å². The summed E-state index contributed by atoms with van der Waals surface area (Å²) in [4.78, 5) is 0. The molecule has 0 aliphatic carbocycles. The van der Waals surface area contributed by atoms with Crippen molar-refractivity contribution in [3.8, 4) is 12.3 Å². The van der Waals surface area contributed by atoms with Gasteiger partial charge >= 0.3 is 0 Å². The Labute approximate surface area is 75.7 Å². The quantitative estimate of drug-likeness (QED) is 0.459. The Morgan fingerprint density at radius 3 is 2.67 bits per heavy atom. The summed E-state index contributed by atoms with van der Waals surface area (Å²) >= 11 is 0. The Balaban J connectivity index is 3.35. The molecule has 0 spiro atoms. The minimum Gasteiger partial charge on any atom is -0.379 e. The summed E-state index contributed by atoms with van der Waals surface area (Å²) in [5.74, 6) is 2.66. The van der Waals surface area contributed by atoms with Gasteiger partial charge in [-0.2, -0.15) is 0 Å². The van der Waals surface area contributed by atoms with Crippen LogP contribution in [0.5, 0.6) is 0 Å². The lowest BCUT2D eigenvalue weighted by atomic mass is 10.3. The summed E-state index contributed by atoms with van der Waals surface area (Å²) < 4.78 is 5.33. The van der Waals surface area contributed by atoms with Gasteiger partial charge in [-0.25, -0.2) is 0 Å². The van der Waals surface area contributed by atoms with Gasteiger partial charge in [0.1, 0.15) is 0 Å². The second kappa shape index (κ2) is 8.58. The molecule has 0 aliphatic heterocycles. The monoisotopic (exact) mass is 169 g/mol. The van der Waals surface area contributed by atoms with Gasteiger partial charge in [-0.05, 0) is 19.4 Å². The Hall–Kier alpha value is -0.520. The van der Waals surface area contributed by atoms with Gasteiger partial charge in [-0.3, -0.25) is 0 Å². The van der Waals surface area contributed by atoms with E-state index in [1.807, 2.05) is 0 Å². The van der Waals surface area contributed by atoms with E-state index in [0.717, 1.165) is 26.0 Å². The molecule has 1 atom stereocenters. The standard InChI is InChI=1S/C10H19NO/c1-4-7-11-10(6-3)9-12-8-5-2/h3,10-11H,4-5,7-9H2,1-2H3. The van der Waals surface area contributed by atoms with Crippen molar-refractivity contribution in [3.05, 3.63) is 0 Å². The molecule has 70 valence electrons. The van der Waals surface area contributed by atoms with Crippen molar-refractivity contribution < 1.29 is 4.74 Å². The molecule has 0 aliphatic rings. The van der Waals surface area contributed by atoms with Crippen molar-refractivity contribution in [1.29, 1.82) is 0 Å². The Bertz CT molecular complexity index is 128. The molecule has 2 nitrogen and oxygen atoms in total. The van der Waals surface area contributed by atoms with Gasteiger partial charge in [-0.15, -0.1) is 6.42 Å². The second-order valence-electron chi connectivity index (χ2n) is 2.75. The molecule has 1 N–H and O–H groups in total. The maximum absolute atomic E-state index is 5.33. The number of rotatable bonds is 7. The molecule has 0 bridgehead atoms. The van der Waals surface area contributed by atoms with Crippen LogP contribution in [0.25, 0.3) is 0 Å². The van der Waals surface area contributed by atoms with E-state index < -0.39 is 0 Å². The Morgan fingerprint density at radius 1 is 1.42 bits per heavy atom. The summed E-state index contributed by atoms with van der Waals surface area (Å²) in [5, 5.41) is 3.22. The van der Waals surface area contributed by atoms with Crippen LogP contribution in [0, 0.1) is 12.3 Å². The highest BCUT2D eigenvalue weighted by Crippen LogP contribution is 1.86. The molecule has 12 heavy (non-hydrogen) atoms. The van der Waals surface area contributed by atoms with Crippen molar-refractivity contribution in [1.82, 2.24) is 5.32 Å². The zero-order valence-corrected chi connectivity index (χ0v) is 8.10. The lowest BCUT2D eigenvalue weighted by Gasteiger charge is -2.11. The lowest BCUT2D eigenvalue weighted by molar-refractivity contribution is 0.124. The van der Waals surface area contributed by atoms with Crippen LogP contribution in [0.1, 0.15) is 26.7 Å². The lowest BCUT2D eigenvalue weighted by Crippen LogP contribution is -2.32. The molecular formula is C10H19NO. The Kier molecular flexibility index (Phi) is 8.20. The van der Waals surface area contributed by atoms with Gasteiger partial charge < -0.3 is 10.1 Å². The molecular weight excluding hydrogens is 150 g/mol. The summed E-state index contributed by atoms with van der Waals surface area (Å²) in [6, 6.07) is 0.0801. The highest BCUT2D eigenvalue weighted by molar-refractivity contribution is 4.98. The number of terminal acetylenes is 1. The van der Waals surface area contributed by atoms with Crippen molar-refractivity contribution in [2.75, 3.05) is 19.8 Å². The largest absolute Gasteiger partial charge is 0.379 e. The number of ether oxygens (including phenoxy) is 1. The molecule has 0 aromatic rings. The highest BCUT2D eigenvalue weighted by atomic mass is 16.5. The first-order valence-electron chi connectivity index (χ1n) is 4.62. The molecule has 0 aromatic heterocycles. The fourth-order valence-electron chi connectivity index (χ4n) is 0.830. The van der Waals surface area contributed by atoms with E-state index in [4.69, 9.17) is 11.2 Å². The first-order chi connectivity index (χ1) is 5.85. The van der Waals surface area contributed by atoms with E-state index >= 15 is 0 Å². The molecule has 0 fully saturated rings. The second-order valence-corrected chi connectivity index (χ2v) is 2.75. The van der Waals surface area contributed by atoms with Crippen LogP contribution in [0.3, 0.4) is 0 Å². The van der Waals surface area contributed by atoms with E-state index in [9.17, 15) is 0 Å². The van der Waals surface area contributed by atoms with Crippen molar-refractivity contribution in [3.63, 3.8) is 0 Å². The maximum atomic E-state index is 5.33. The van der Waals surface area contributed by atoms with Gasteiger partial charge in [0.25, 0.3) is 0 Å². The first-order valence-corrected chi connectivity index (χ1v) is 4.62. The van der Waals surface area contributed by atoms with Crippen LogP contribution in [-0.2, 0) is 4.74 Å². The number of nitrogens with one attached hydrogen (secondary N) is 1. The normalized spacial score (nSPS) is 12.4. The van der Waals surface area contributed by atoms with Gasteiger partial charge in [-0.1, -0.05) is 19.8 Å². The van der Waals surface area contributed by atoms with Crippen LogP contribution in [0.15, 0.2) is 0 Å². The van der Waals surface area contributed by atoms with Gasteiger partial charge in [0.05, 0.1) is 12.6 Å². The van der Waals surface area contributed by atoms with Crippen LogP contribution < -0.4 is 5.32 Å². The first kappa shape index (κ1) is 11.5. The molecule has 0 rings (SSSR count). The molecule has 0 saturated carbocycles. The van der Waals surface area contributed by atoms with Crippen LogP contribution in [-0.4, -0.2) is 25.8 Å². The van der Waals surface area contributed by atoms with E-state index in [1.165, 1.54) is 0 Å². The molecule has 0 heterocycles. The maximum Gasteiger partial charge on any atom is 0.0923 e. The van der Waals surface area contributed by atoms with Crippen LogP contribution in [0.2, 0.25) is 0 Å². The zero-order valence-electron chi connectivity index (χ0n) is 8.10.